The highest BCUT2D eigenvalue weighted by molar-refractivity contribution is 5.79. The second-order valence-corrected chi connectivity index (χ2v) is 5.89. The molecule has 122 valence electrons. The molecule has 2 aromatic rings. The van der Waals surface area contributed by atoms with Gasteiger partial charge in [0.2, 0.25) is 0 Å². The summed E-state index contributed by atoms with van der Waals surface area (Å²) >= 11 is 0. The van der Waals surface area contributed by atoms with Gasteiger partial charge < -0.3 is 9.64 Å². The third-order valence-corrected chi connectivity index (χ3v) is 4.11. The average Bonchev–Trinajstić information content (AvgIpc) is 3.46. The van der Waals surface area contributed by atoms with Gasteiger partial charge in [0.25, 0.3) is 5.91 Å². The molecule has 0 bridgehead atoms. The lowest BCUT2D eigenvalue weighted by atomic mass is 10.1. The maximum atomic E-state index is 12.7. The van der Waals surface area contributed by atoms with Gasteiger partial charge in [-0.15, -0.1) is 0 Å². The summed E-state index contributed by atoms with van der Waals surface area (Å²) in [6, 6.07) is 14.8. The number of hydrogen-bond donors (Lipinski definition) is 0. The van der Waals surface area contributed by atoms with E-state index >= 15 is 0 Å². The second kappa shape index (κ2) is 7.14. The lowest BCUT2D eigenvalue weighted by molar-refractivity contribution is -0.136. The van der Waals surface area contributed by atoms with E-state index in [-0.39, 0.29) is 24.6 Å². The topological polar surface area (TPSA) is 66.2 Å². The smallest absolute Gasteiger partial charge is 0.261 e. The van der Waals surface area contributed by atoms with Crippen molar-refractivity contribution in [2.24, 2.45) is 0 Å². The van der Waals surface area contributed by atoms with Crippen molar-refractivity contribution in [2.75, 3.05) is 6.61 Å². The Labute approximate surface area is 141 Å². The summed E-state index contributed by atoms with van der Waals surface area (Å²) in [5.41, 5.74) is 1.45. The molecule has 1 amide bonds. The number of aromatic nitrogens is 1. The monoisotopic (exact) mass is 321 g/mol. The Bertz CT molecular complexity index is 733. The first-order valence-corrected chi connectivity index (χ1v) is 8.04. The Balaban J connectivity index is 1.65. The zero-order valence-electron chi connectivity index (χ0n) is 13.6. The van der Waals surface area contributed by atoms with Gasteiger partial charge in [0.05, 0.1) is 23.4 Å². The van der Waals surface area contributed by atoms with E-state index in [1.54, 1.807) is 30.5 Å². The van der Waals surface area contributed by atoms with Gasteiger partial charge in [-0.05, 0) is 56.2 Å². The van der Waals surface area contributed by atoms with Gasteiger partial charge in [-0.1, -0.05) is 6.07 Å². The minimum Gasteiger partial charge on any atom is -0.484 e. The summed E-state index contributed by atoms with van der Waals surface area (Å²) < 4.78 is 5.59. The fourth-order valence-corrected chi connectivity index (χ4v) is 2.70. The highest BCUT2D eigenvalue weighted by atomic mass is 16.5. The van der Waals surface area contributed by atoms with Crippen molar-refractivity contribution in [1.82, 2.24) is 9.88 Å². The number of hydrogen-bond acceptors (Lipinski definition) is 4. The SMILES string of the molecule is CC(c1ccccn1)N(C(=O)COc1ccc(C#N)cc1)C1CC1. The van der Waals surface area contributed by atoms with E-state index in [0.29, 0.717) is 11.3 Å². The molecule has 1 aliphatic carbocycles. The number of pyridine rings is 1. The van der Waals surface area contributed by atoms with Crippen LogP contribution in [0, 0.1) is 11.3 Å². The Morgan fingerprint density at radius 1 is 1.33 bits per heavy atom. The van der Waals surface area contributed by atoms with Gasteiger partial charge in [-0.25, -0.2) is 0 Å². The van der Waals surface area contributed by atoms with Crippen molar-refractivity contribution in [2.45, 2.75) is 31.8 Å². The predicted octanol–water partition coefficient (Wildman–Crippen LogP) is 3.08. The number of nitrogens with zero attached hydrogens (tertiary/aromatic N) is 3. The van der Waals surface area contributed by atoms with Crippen LogP contribution < -0.4 is 4.74 Å². The van der Waals surface area contributed by atoms with Gasteiger partial charge in [-0.2, -0.15) is 5.26 Å². The zero-order chi connectivity index (χ0) is 16.9. The fraction of sp³-hybridized carbons (Fsp3) is 0.316. The largest absolute Gasteiger partial charge is 0.484 e. The van der Waals surface area contributed by atoms with E-state index in [1.807, 2.05) is 30.0 Å². The Morgan fingerprint density at radius 2 is 2.08 bits per heavy atom. The quantitative estimate of drug-likeness (QED) is 0.820. The van der Waals surface area contributed by atoms with E-state index in [9.17, 15) is 4.79 Å². The summed E-state index contributed by atoms with van der Waals surface area (Å²) in [5.74, 6) is 0.545. The Kier molecular flexibility index (Phi) is 4.76. The van der Waals surface area contributed by atoms with Crippen molar-refractivity contribution in [3.8, 4) is 11.8 Å². The summed E-state index contributed by atoms with van der Waals surface area (Å²) in [5, 5.41) is 8.80. The highest BCUT2D eigenvalue weighted by Gasteiger charge is 2.36. The normalized spacial score (nSPS) is 14.5. The van der Waals surface area contributed by atoms with Crippen LogP contribution in [0.25, 0.3) is 0 Å². The van der Waals surface area contributed by atoms with Crippen molar-refractivity contribution in [3.63, 3.8) is 0 Å². The third kappa shape index (κ3) is 3.72. The van der Waals surface area contributed by atoms with E-state index in [2.05, 4.69) is 11.1 Å². The van der Waals surface area contributed by atoms with E-state index < -0.39 is 0 Å². The lowest BCUT2D eigenvalue weighted by Gasteiger charge is -2.29. The molecule has 0 saturated heterocycles. The number of carbonyl (C=O) groups excluding carboxylic acids is 1. The molecule has 1 aliphatic rings. The van der Waals surface area contributed by atoms with Crippen LogP contribution in [0.15, 0.2) is 48.7 Å². The van der Waals surface area contributed by atoms with Gasteiger partial charge in [0, 0.05) is 12.2 Å². The molecule has 24 heavy (non-hydrogen) atoms. The van der Waals surface area contributed by atoms with Gasteiger partial charge in [0.1, 0.15) is 5.75 Å². The van der Waals surface area contributed by atoms with E-state index in [0.717, 1.165) is 18.5 Å². The number of nitriles is 1. The fourth-order valence-electron chi connectivity index (χ4n) is 2.70. The van der Waals surface area contributed by atoms with Crippen molar-refractivity contribution >= 4 is 5.91 Å². The first kappa shape index (κ1) is 16.0. The van der Waals surface area contributed by atoms with Crippen LogP contribution in [0.2, 0.25) is 0 Å². The van der Waals surface area contributed by atoms with Crippen LogP contribution in [-0.2, 0) is 4.79 Å². The lowest BCUT2D eigenvalue weighted by Crippen LogP contribution is -2.39. The maximum absolute atomic E-state index is 12.7. The number of rotatable bonds is 6. The molecule has 0 N–H and O–H groups in total. The molecule has 1 aromatic heterocycles. The zero-order valence-corrected chi connectivity index (χ0v) is 13.6. The molecule has 0 spiro atoms. The molecular weight excluding hydrogens is 302 g/mol. The molecule has 0 aliphatic heterocycles. The van der Waals surface area contributed by atoms with E-state index in [4.69, 9.17) is 10.00 Å². The molecule has 3 rings (SSSR count). The van der Waals surface area contributed by atoms with Crippen molar-refractivity contribution in [1.29, 1.82) is 5.26 Å². The molecule has 1 unspecified atom stereocenters. The second-order valence-electron chi connectivity index (χ2n) is 5.89. The Hall–Kier alpha value is -2.87. The molecule has 1 atom stereocenters. The summed E-state index contributed by atoms with van der Waals surface area (Å²) in [6.45, 7) is 1.99. The molecule has 5 heteroatoms. The number of benzene rings is 1. The van der Waals surface area contributed by atoms with Crippen molar-refractivity contribution in [3.05, 3.63) is 59.9 Å². The molecule has 5 nitrogen and oxygen atoms in total. The standard InChI is InChI=1S/C19H19N3O2/c1-14(18-4-2-3-11-21-18)22(16-7-8-16)19(23)13-24-17-9-5-15(12-20)6-10-17/h2-6,9-11,14,16H,7-8,13H2,1H3. The van der Waals surface area contributed by atoms with E-state index in [1.165, 1.54) is 0 Å². The number of carbonyl (C=O) groups is 1. The van der Waals surface area contributed by atoms with Crippen LogP contribution in [0.5, 0.6) is 5.75 Å². The maximum Gasteiger partial charge on any atom is 0.261 e. The van der Waals surface area contributed by atoms with Gasteiger partial charge >= 0.3 is 0 Å². The van der Waals surface area contributed by atoms with Crippen LogP contribution >= 0.6 is 0 Å². The van der Waals surface area contributed by atoms with Gasteiger partial charge in [-0.3, -0.25) is 9.78 Å². The molecular formula is C19H19N3O2. The number of amides is 1. The van der Waals surface area contributed by atoms with Crippen LogP contribution in [0.1, 0.15) is 37.1 Å². The summed E-state index contributed by atoms with van der Waals surface area (Å²) in [7, 11) is 0. The minimum absolute atomic E-state index is 0.0143. The first-order valence-electron chi connectivity index (χ1n) is 8.04. The van der Waals surface area contributed by atoms with Gasteiger partial charge in [0.15, 0.2) is 6.61 Å². The summed E-state index contributed by atoms with van der Waals surface area (Å²) in [6.07, 6.45) is 3.80. The molecule has 0 radical (unpaired) electrons. The number of ether oxygens (including phenoxy) is 1. The van der Waals surface area contributed by atoms with Crippen LogP contribution in [0.3, 0.4) is 0 Å². The van der Waals surface area contributed by atoms with Crippen molar-refractivity contribution < 1.29 is 9.53 Å². The molecule has 1 saturated carbocycles. The van der Waals surface area contributed by atoms with Crippen LogP contribution in [0.4, 0.5) is 0 Å². The average molecular weight is 321 g/mol. The highest BCUT2D eigenvalue weighted by Crippen LogP contribution is 2.33. The predicted molar refractivity (Wildman–Crippen MR) is 89.2 cm³/mol. The molecule has 1 heterocycles. The first-order chi connectivity index (χ1) is 11.7. The molecule has 1 fully saturated rings. The third-order valence-electron chi connectivity index (χ3n) is 4.11. The summed E-state index contributed by atoms with van der Waals surface area (Å²) in [4.78, 5) is 18.9. The Morgan fingerprint density at radius 3 is 2.67 bits per heavy atom. The minimum atomic E-state index is -0.0734. The molecule has 1 aromatic carbocycles. The van der Waals surface area contributed by atoms with Crippen LogP contribution in [-0.4, -0.2) is 28.4 Å².